The van der Waals surface area contributed by atoms with E-state index in [1.807, 2.05) is 6.07 Å². The fourth-order valence-electron chi connectivity index (χ4n) is 2.04. The Kier molecular flexibility index (Phi) is 5.01. The number of halogens is 1. The molecule has 4 nitrogen and oxygen atoms in total. The zero-order valence-electron chi connectivity index (χ0n) is 10.6. The SMILES string of the molecule is CC(=O)N1CCc2cc(Br)c(SNCCC=O)cc21. The summed E-state index contributed by atoms with van der Waals surface area (Å²) in [6.45, 7) is 2.98. The molecule has 1 heterocycles. The first-order valence-electron chi connectivity index (χ1n) is 6.07. The smallest absolute Gasteiger partial charge is 0.223 e. The number of fused-ring (bicyclic) bond motifs is 1. The van der Waals surface area contributed by atoms with Gasteiger partial charge in [0.1, 0.15) is 6.29 Å². The van der Waals surface area contributed by atoms with Crippen molar-refractivity contribution in [2.75, 3.05) is 18.0 Å². The highest BCUT2D eigenvalue weighted by atomic mass is 79.9. The Labute approximate surface area is 125 Å². The number of hydrogen-bond acceptors (Lipinski definition) is 4. The van der Waals surface area contributed by atoms with E-state index in [0.717, 1.165) is 34.3 Å². The van der Waals surface area contributed by atoms with Crippen molar-refractivity contribution in [1.29, 1.82) is 0 Å². The molecule has 19 heavy (non-hydrogen) atoms. The molecule has 1 aromatic rings. The molecule has 0 fully saturated rings. The van der Waals surface area contributed by atoms with Crippen LogP contribution < -0.4 is 9.62 Å². The molecule has 1 aliphatic heterocycles. The van der Waals surface area contributed by atoms with Gasteiger partial charge in [-0.3, -0.25) is 9.52 Å². The minimum Gasteiger partial charge on any atom is -0.312 e. The van der Waals surface area contributed by atoms with Crippen LogP contribution in [0.2, 0.25) is 0 Å². The molecule has 0 aliphatic carbocycles. The zero-order valence-corrected chi connectivity index (χ0v) is 13.0. The first-order valence-corrected chi connectivity index (χ1v) is 7.68. The van der Waals surface area contributed by atoms with E-state index in [1.54, 1.807) is 11.8 Å². The monoisotopic (exact) mass is 342 g/mol. The molecule has 0 saturated heterocycles. The van der Waals surface area contributed by atoms with Gasteiger partial charge in [0.15, 0.2) is 0 Å². The highest BCUT2D eigenvalue weighted by Gasteiger charge is 2.23. The molecular weight excluding hydrogens is 328 g/mol. The normalized spacial score (nSPS) is 13.5. The Balaban J connectivity index is 2.15. The summed E-state index contributed by atoms with van der Waals surface area (Å²) in [6.07, 6.45) is 2.29. The fourth-order valence-corrected chi connectivity index (χ4v) is 3.38. The lowest BCUT2D eigenvalue weighted by atomic mass is 10.2. The third-order valence-corrected chi connectivity index (χ3v) is 4.78. The van der Waals surface area contributed by atoms with E-state index in [2.05, 4.69) is 26.7 Å². The summed E-state index contributed by atoms with van der Waals surface area (Å²) in [5, 5.41) is 0. The lowest BCUT2D eigenvalue weighted by Crippen LogP contribution is -2.25. The van der Waals surface area contributed by atoms with Crippen LogP contribution in [0, 0.1) is 0 Å². The Morgan fingerprint density at radius 3 is 3.05 bits per heavy atom. The quantitative estimate of drug-likeness (QED) is 0.507. The number of carbonyl (C=O) groups is 2. The van der Waals surface area contributed by atoms with Gasteiger partial charge in [-0.05, 0) is 52.0 Å². The topological polar surface area (TPSA) is 49.4 Å². The molecule has 102 valence electrons. The number of rotatable bonds is 5. The maximum absolute atomic E-state index is 11.6. The summed E-state index contributed by atoms with van der Waals surface area (Å²) in [5.74, 6) is 0.0749. The second kappa shape index (κ2) is 6.54. The highest BCUT2D eigenvalue weighted by Crippen LogP contribution is 2.36. The Bertz CT molecular complexity index is 508. The minimum atomic E-state index is 0.0749. The summed E-state index contributed by atoms with van der Waals surface area (Å²) >= 11 is 5.02. The summed E-state index contributed by atoms with van der Waals surface area (Å²) in [7, 11) is 0. The summed E-state index contributed by atoms with van der Waals surface area (Å²) in [5.41, 5.74) is 2.19. The molecule has 1 amide bonds. The van der Waals surface area contributed by atoms with Crippen molar-refractivity contribution in [3.63, 3.8) is 0 Å². The Morgan fingerprint density at radius 2 is 2.37 bits per heavy atom. The van der Waals surface area contributed by atoms with Gasteiger partial charge < -0.3 is 9.69 Å². The molecule has 2 rings (SSSR count). The van der Waals surface area contributed by atoms with Crippen LogP contribution in [-0.4, -0.2) is 25.3 Å². The van der Waals surface area contributed by atoms with Crippen LogP contribution in [0.5, 0.6) is 0 Å². The molecule has 0 saturated carbocycles. The predicted molar refractivity (Wildman–Crippen MR) is 80.4 cm³/mol. The first kappa shape index (κ1) is 14.6. The number of carbonyl (C=O) groups excluding carboxylic acids is 2. The van der Waals surface area contributed by atoms with Crippen molar-refractivity contribution in [1.82, 2.24) is 4.72 Å². The van der Waals surface area contributed by atoms with Gasteiger partial charge in [-0.1, -0.05) is 0 Å². The lowest BCUT2D eigenvalue weighted by Gasteiger charge is -2.16. The number of anilines is 1. The molecule has 0 bridgehead atoms. The van der Waals surface area contributed by atoms with Crippen molar-refractivity contribution < 1.29 is 9.59 Å². The first-order chi connectivity index (χ1) is 9.13. The van der Waals surface area contributed by atoms with Crippen LogP contribution >= 0.6 is 27.9 Å². The van der Waals surface area contributed by atoms with Gasteiger partial charge in [0.05, 0.1) is 0 Å². The summed E-state index contributed by atoms with van der Waals surface area (Å²) in [6, 6.07) is 4.09. The largest absolute Gasteiger partial charge is 0.312 e. The van der Waals surface area contributed by atoms with Crippen molar-refractivity contribution in [3.8, 4) is 0 Å². The molecule has 0 spiro atoms. The van der Waals surface area contributed by atoms with E-state index in [4.69, 9.17) is 0 Å². The number of nitrogens with one attached hydrogen (secondary N) is 1. The second-order valence-electron chi connectivity index (χ2n) is 4.28. The average molecular weight is 343 g/mol. The van der Waals surface area contributed by atoms with Crippen LogP contribution in [0.25, 0.3) is 0 Å². The summed E-state index contributed by atoms with van der Waals surface area (Å²) < 4.78 is 4.14. The Hall–Kier alpha value is -0.850. The van der Waals surface area contributed by atoms with Gasteiger partial charge in [0.25, 0.3) is 0 Å². The third-order valence-electron chi connectivity index (χ3n) is 2.96. The van der Waals surface area contributed by atoms with E-state index in [-0.39, 0.29) is 5.91 Å². The van der Waals surface area contributed by atoms with E-state index in [9.17, 15) is 9.59 Å². The van der Waals surface area contributed by atoms with Gasteiger partial charge in [0, 0.05) is 41.5 Å². The second-order valence-corrected chi connectivity index (χ2v) is 6.07. The summed E-state index contributed by atoms with van der Waals surface area (Å²) in [4.78, 5) is 24.6. The van der Waals surface area contributed by atoms with E-state index < -0.39 is 0 Å². The lowest BCUT2D eigenvalue weighted by molar-refractivity contribution is -0.116. The molecule has 6 heteroatoms. The van der Waals surface area contributed by atoms with Crippen LogP contribution in [0.1, 0.15) is 18.9 Å². The van der Waals surface area contributed by atoms with Gasteiger partial charge in [0.2, 0.25) is 5.91 Å². The zero-order chi connectivity index (χ0) is 13.8. The number of benzene rings is 1. The van der Waals surface area contributed by atoms with E-state index >= 15 is 0 Å². The van der Waals surface area contributed by atoms with E-state index in [0.29, 0.717) is 13.0 Å². The maximum atomic E-state index is 11.6. The van der Waals surface area contributed by atoms with Gasteiger partial charge >= 0.3 is 0 Å². The van der Waals surface area contributed by atoms with Crippen molar-refractivity contribution in [2.45, 2.75) is 24.7 Å². The molecular formula is C13H15BrN2O2S. The van der Waals surface area contributed by atoms with Gasteiger partial charge in [-0.15, -0.1) is 0 Å². The number of amides is 1. The van der Waals surface area contributed by atoms with Crippen LogP contribution in [-0.2, 0) is 16.0 Å². The predicted octanol–water partition coefficient (Wildman–Crippen LogP) is 2.54. The number of nitrogens with zero attached hydrogens (tertiary/aromatic N) is 1. The van der Waals surface area contributed by atoms with Crippen molar-refractivity contribution in [2.24, 2.45) is 0 Å². The van der Waals surface area contributed by atoms with Crippen molar-refractivity contribution >= 4 is 45.8 Å². The molecule has 0 radical (unpaired) electrons. The average Bonchev–Trinajstić information content (AvgIpc) is 2.77. The molecule has 0 atom stereocenters. The minimum absolute atomic E-state index is 0.0749. The van der Waals surface area contributed by atoms with Gasteiger partial charge in [-0.2, -0.15) is 0 Å². The van der Waals surface area contributed by atoms with Crippen LogP contribution in [0.15, 0.2) is 21.5 Å². The Morgan fingerprint density at radius 1 is 1.58 bits per heavy atom. The van der Waals surface area contributed by atoms with Crippen LogP contribution in [0.3, 0.4) is 0 Å². The van der Waals surface area contributed by atoms with Crippen LogP contribution in [0.4, 0.5) is 5.69 Å². The van der Waals surface area contributed by atoms with Gasteiger partial charge in [-0.25, -0.2) is 0 Å². The molecule has 0 aromatic heterocycles. The third kappa shape index (κ3) is 3.38. The standard InChI is InChI=1S/C13H15BrN2O2S/c1-9(18)16-5-3-10-7-11(14)13(8-12(10)16)19-15-4-2-6-17/h6-8,15H,2-5H2,1H3. The van der Waals surface area contributed by atoms with E-state index in [1.165, 1.54) is 17.5 Å². The fraction of sp³-hybridized carbons (Fsp3) is 0.385. The number of hydrogen-bond donors (Lipinski definition) is 1. The molecule has 1 N–H and O–H groups in total. The molecule has 1 aromatic carbocycles. The van der Waals surface area contributed by atoms with Crippen molar-refractivity contribution in [3.05, 3.63) is 22.2 Å². The molecule has 1 aliphatic rings. The highest BCUT2D eigenvalue weighted by molar-refractivity contribution is 9.10. The number of aldehydes is 1. The maximum Gasteiger partial charge on any atom is 0.223 e. The molecule has 0 unspecified atom stereocenters.